The van der Waals surface area contributed by atoms with E-state index >= 15 is 0 Å². The van der Waals surface area contributed by atoms with Gasteiger partial charge in [0.05, 0.1) is 11.6 Å². The number of carbonyl (C=O) groups excluding carboxylic acids is 1. The summed E-state index contributed by atoms with van der Waals surface area (Å²) >= 11 is 2.20. The minimum absolute atomic E-state index is 0.125. The van der Waals surface area contributed by atoms with Crippen LogP contribution in [0.4, 0.5) is 0 Å². The number of rotatable bonds is 3. The molecule has 0 radical (unpaired) electrons. The number of nitriles is 1. The Morgan fingerprint density at radius 3 is 2.71 bits per heavy atom. The van der Waals surface area contributed by atoms with Crippen molar-refractivity contribution >= 4 is 28.5 Å². The van der Waals surface area contributed by atoms with Gasteiger partial charge in [0.1, 0.15) is 5.54 Å². The molecule has 1 aromatic rings. The van der Waals surface area contributed by atoms with Gasteiger partial charge in [-0.1, -0.05) is 25.5 Å². The second kappa shape index (κ2) is 6.78. The molecule has 1 amide bonds. The molecule has 1 aliphatic rings. The highest BCUT2D eigenvalue weighted by molar-refractivity contribution is 14.1. The maximum absolute atomic E-state index is 12.5. The van der Waals surface area contributed by atoms with Gasteiger partial charge >= 0.3 is 0 Å². The van der Waals surface area contributed by atoms with Crippen LogP contribution in [0.5, 0.6) is 0 Å². The predicted molar refractivity (Wildman–Crippen MR) is 92.0 cm³/mol. The van der Waals surface area contributed by atoms with E-state index in [-0.39, 0.29) is 5.91 Å². The maximum atomic E-state index is 12.5. The van der Waals surface area contributed by atoms with Crippen LogP contribution in [0.3, 0.4) is 0 Å². The third-order valence-corrected chi connectivity index (χ3v) is 5.97. The lowest BCUT2D eigenvalue weighted by atomic mass is 9.76. The second-order valence-electron chi connectivity index (χ2n) is 5.94. The zero-order chi connectivity index (χ0) is 15.5. The van der Waals surface area contributed by atoms with E-state index in [1.165, 1.54) is 0 Å². The first kappa shape index (κ1) is 16.3. The van der Waals surface area contributed by atoms with Gasteiger partial charge in [-0.05, 0) is 72.7 Å². The minimum Gasteiger partial charge on any atom is -0.334 e. The van der Waals surface area contributed by atoms with Gasteiger partial charge in [0.2, 0.25) is 0 Å². The summed E-state index contributed by atoms with van der Waals surface area (Å²) in [4.78, 5) is 12.5. The number of nitrogens with zero attached hydrogens (tertiary/aromatic N) is 1. The highest BCUT2D eigenvalue weighted by atomic mass is 127. The molecule has 0 aromatic heterocycles. The highest BCUT2D eigenvalue weighted by Gasteiger charge is 2.36. The summed E-state index contributed by atoms with van der Waals surface area (Å²) in [7, 11) is 0. The molecule has 3 nitrogen and oxygen atoms in total. The quantitative estimate of drug-likeness (QED) is 0.779. The molecule has 0 heterocycles. The first-order chi connectivity index (χ1) is 10.0. The van der Waals surface area contributed by atoms with Crippen LogP contribution < -0.4 is 5.32 Å². The third kappa shape index (κ3) is 3.57. The van der Waals surface area contributed by atoms with E-state index in [2.05, 4.69) is 40.9 Å². The zero-order valence-corrected chi connectivity index (χ0v) is 14.7. The number of halogens is 1. The zero-order valence-electron chi connectivity index (χ0n) is 12.6. The molecule has 0 bridgehead atoms. The van der Waals surface area contributed by atoms with Crippen molar-refractivity contribution in [3.63, 3.8) is 0 Å². The van der Waals surface area contributed by atoms with Gasteiger partial charge in [0.15, 0.2) is 0 Å². The van der Waals surface area contributed by atoms with Gasteiger partial charge in [0, 0.05) is 3.57 Å². The first-order valence-corrected chi connectivity index (χ1v) is 8.58. The molecule has 1 aromatic carbocycles. The molecule has 112 valence electrons. The largest absolute Gasteiger partial charge is 0.334 e. The third-order valence-electron chi connectivity index (χ3n) is 4.54. The molecule has 0 saturated heterocycles. The number of nitrogens with one attached hydrogen (secondary N) is 1. The molecule has 0 aliphatic heterocycles. The summed E-state index contributed by atoms with van der Waals surface area (Å²) in [5.41, 5.74) is 1.07. The minimum atomic E-state index is -0.685. The van der Waals surface area contributed by atoms with Crippen molar-refractivity contribution in [3.8, 4) is 6.07 Å². The van der Waals surface area contributed by atoms with Gasteiger partial charge in [-0.25, -0.2) is 0 Å². The Kier molecular flexibility index (Phi) is 5.26. The van der Waals surface area contributed by atoms with Crippen LogP contribution in [-0.4, -0.2) is 11.4 Å². The van der Waals surface area contributed by atoms with Gasteiger partial charge < -0.3 is 5.32 Å². The average molecular weight is 396 g/mol. The fourth-order valence-corrected chi connectivity index (χ4v) is 3.56. The van der Waals surface area contributed by atoms with Crippen LogP contribution in [0.15, 0.2) is 18.2 Å². The normalized spacial score (nSPS) is 25.1. The Morgan fingerprint density at radius 1 is 1.48 bits per heavy atom. The van der Waals surface area contributed by atoms with E-state index in [4.69, 9.17) is 0 Å². The molecule has 1 N–H and O–H groups in total. The van der Waals surface area contributed by atoms with E-state index < -0.39 is 5.54 Å². The van der Waals surface area contributed by atoms with Crippen molar-refractivity contribution in [2.24, 2.45) is 5.92 Å². The Morgan fingerprint density at radius 2 is 2.14 bits per heavy atom. The molecule has 0 unspecified atom stereocenters. The molecule has 4 heteroatoms. The van der Waals surface area contributed by atoms with Crippen LogP contribution in [-0.2, 0) is 0 Å². The van der Waals surface area contributed by atoms with Gasteiger partial charge in [0.25, 0.3) is 5.91 Å². The molecule has 0 atom stereocenters. The molecule has 1 saturated carbocycles. The van der Waals surface area contributed by atoms with E-state index in [0.29, 0.717) is 11.5 Å². The number of hydrogen-bond acceptors (Lipinski definition) is 2. The lowest BCUT2D eigenvalue weighted by Crippen LogP contribution is -2.49. The summed E-state index contributed by atoms with van der Waals surface area (Å²) in [5, 5.41) is 12.6. The van der Waals surface area contributed by atoms with Gasteiger partial charge in [-0.2, -0.15) is 5.26 Å². The van der Waals surface area contributed by atoms with Crippen LogP contribution >= 0.6 is 22.6 Å². The number of aryl methyl sites for hydroxylation is 1. The smallest absolute Gasteiger partial charge is 0.253 e. The van der Waals surface area contributed by atoms with Crippen LogP contribution in [0, 0.1) is 27.7 Å². The van der Waals surface area contributed by atoms with Crippen molar-refractivity contribution in [1.82, 2.24) is 5.32 Å². The molecule has 21 heavy (non-hydrogen) atoms. The summed E-state index contributed by atoms with van der Waals surface area (Å²) in [5.74, 6) is 0.571. The monoisotopic (exact) mass is 396 g/mol. The molecular weight excluding hydrogens is 375 g/mol. The first-order valence-electron chi connectivity index (χ1n) is 7.50. The average Bonchev–Trinajstić information content (AvgIpc) is 2.50. The predicted octanol–water partition coefficient (Wildman–Crippen LogP) is 4.19. The molecule has 2 rings (SSSR count). The molecule has 1 aliphatic carbocycles. The van der Waals surface area contributed by atoms with Gasteiger partial charge in [-0.3, -0.25) is 4.79 Å². The van der Waals surface area contributed by atoms with Crippen LogP contribution in [0.1, 0.15) is 54.9 Å². The van der Waals surface area contributed by atoms with Crippen molar-refractivity contribution < 1.29 is 4.79 Å². The maximum Gasteiger partial charge on any atom is 0.253 e. The van der Waals surface area contributed by atoms with E-state index in [0.717, 1.165) is 41.2 Å². The number of hydrogen-bond donors (Lipinski definition) is 1. The Labute approximate surface area is 140 Å². The van der Waals surface area contributed by atoms with E-state index in [1.54, 1.807) is 0 Å². The van der Waals surface area contributed by atoms with E-state index in [9.17, 15) is 10.1 Å². The summed E-state index contributed by atoms with van der Waals surface area (Å²) < 4.78 is 0.961. The van der Waals surface area contributed by atoms with Crippen molar-refractivity contribution in [2.45, 2.75) is 51.5 Å². The Bertz CT molecular complexity index is 569. The lowest BCUT2D eigenvalue weighted by molar-refractivity contribution is 0.0890. The van der Waals surface area contributed by atoms with Gasteiger partial charge in [-0.15, -0.1) is 0 Å². The summed E-state index contributed by atoms with van der Waals surface area (Å²) in [6.07, 6.45) is 4.72. The van der Waals surface area contributed by atoms with Crippen LogP contribution in [0.25, 0.3) is 0 Å². The van der Waals surface area contributed by atoms with Crippen molar-refractivity contribution in [1.29, 1.82) is 5.26 Å². The lowest BCUT2D eigenvalue weighted by Gasteiger charge is -2.35. The molecule has 1 fully saturated rings. The molecular formula is C17H21IN2O. The standard InChI is InChI=1S/C17H21IN2O/c1-3-13-7-9-17(11-19,10-8-13)20-16(21)14-6-4-5-12(2)15(14)18/h4-6,13H,3,7-10H2,1-2H3,(H,20,21). The fraction of sp³-hybridized carbons (Fsp3) is 0.529. The Balaban J connectivity index is 2.14. The number of amides is 1. The Hall–Kier alpha value is -1.09. The second-order valence-corrected chi connectivity index (χ2v) is 7.01. The van der Waals surface area contributed by atoms with Crippen molar-refractivity contribution in [2.75, 3.05) is 0 Å². The number of benzene rings is 1. The summed E-state index contributed by atoms with van der Waals surface area (Å²) in [6.45, 7) is 4.18. The fourth-order valence-electron chi connectivity index (χ4n) is 2.95. The van der Waals surface area contributed by atoms with Crippen molar-refractivity contribution in [3.05, 3.63) is 32.9 Å². The van der Waals surface area contributed by atoms with Crippen LogP contribution in [0.2, 0.25) is 0 Å². The van der Waals surface area contributed by atoms with E-state index in [1.807, 2.05) is 25.1 Å². The SMILES string of the molecule is CCC1CCC(C#N)(NC(=O)c2cccc(C)c2I)CC1. The summed E-state index contributed by atoms with van der Waals surface area (Å²) in [6, 6.07) is 8.07. The molecule has 0 spiro atoms. The highest BCUT2D eigenvalue weighted by Crippen LogP contribution is 2.33. The topological polar surface area (TPSA) is 52.9 Å². The number of carbonyl (C=O) groups is 1.